The summed E-state index contributed by atoms with van der Waals surface area (Å²) >= 11 is 0. The van der Waals surface area contributed by atoms with E-state index in [2.05, 4.69) is 14.9 Å². The Morgan fingerprint density at radius 2 is 2.04 bits per heavy atom. The topological polar surface area (TPSA) is 95.2 Å². The second-order valence-electron chi connectivity index (χ2n) is 6.60. The molecule has 2 N–H and O–H groups in total. The van der Waals surface area contributed by atoms with Crippen LogP contribution in [0.2, 0.25) is 0 Å². The molecule has 0 aromatic carbocycles. The Balaban J connectivity index is 1.66. The van der Waals surface area contributed by atoms with Gasteiger partial charge in [-0.05, 0) is 38.7 Å². The van der Waals surface area contributed by atoms with E-state index in [0.29, 0.717) is 25.1 Å². The molecule has 2 fully saturated rings. The van der Waals surface area contributed by atoms with Crippen LogP contribution in [0.3, 0.4) is 0 Å². The van der Waals surface area contributed by atoms with Crippen molar-refractivity contribution >= 4 is 15.9 Å². The first-order chi connectivity index (χ1) is 11.0. The van der Waals surface area contributed by atoms with Crippen LogP contribution in [0.5, 0.6) is 0 Å². The lowest BCUT2D eigenvalue weighted by Crippen LogP contribution is -2.50. The van der Waals surface area contributed by atoms with Crippen LogP contribution in [-0.4, -0.2) is 53.8 Å². The van der Waals surface area contributed by atoms with Gasteiger partial charge in [-0.2, -0.15) is 5.10 Å². The molecule has 23 heavy (non-hydrogen) atoms. The fourth-order valence-corrected chi connectivity index (χ4v) is 5.18. The van der Waals surface area contributed by atoms with Crippen LogP contribution in [-0.2, 0) is 10.0 Å². The summed E-state index contributed by atoms with van der Waals surface area (Å²) in [5.74, 6) is -0.199. The zero-order valence-electron chi connectivity index (χ0n) is 13.4. The third-order valence-electron chi connectivity index (χ3n) is 4.72. The van der Waals surface area contributed by atoms with E-state index in [1.165, 1.54) is 0 Å². The number of piperidine rings is 1. The van der Waals surface area contributed by atoms with Gasteiger partial charge in [-0.1, -0.05) is 12.8 Å². The van der Waals surface area contributed by atoms with Gasteiger partial charge in [-0.25, -0.2) is 13.1 Å². The van der Waals surface area contributed by atoms with Crippen LogP contribution >= 0.6 is 0 Å². The van der Waals surface area contributed by atoms with Crippen molar-refractivity contribution in [2.75, 3.05) is 13.1 Å². The molecule has 2 heterocycles. The predicted octanol–water partition coefficient (Wildman–Crippen LogP) is 1.18. The monoisotopic (exact) mass is 340 g/mol. The number of sulfonamides is 1. The number of hydrogen-bond acceptors (Lipinski definition) is 4. The van der Waals surface area contributed by atoms with Crippen molar-refractivity contribution in [3.63, 3.8) is 0 Å². The van der Waals surface area contributed by atoms with E-state index in [0.717, 1.165) is 31.4 Å². The summed E-state index contributed by atoms with van der Waals surface area (Å²) in [6.45, 7) is 2.66. The summed E-state index contributed by atoms with van der Waals surface area (Å²) in [4.78, 5) is 14.1. The maximum absolute atomic E-state index is 12.6. The van der Waals surface area contributed by atoms with Gasteiger partial charge in [-0.15, -0.1) is 0 Å². The minimum Gasteiger partial charge on any atom is -0.336 e. The number of rotatable bonds is 4. The Morgan fingerprint density at radius 3 is 2.70 bits per heavy atom. The quantitative estimate of drug-likeness (QED) is 0.860. The third-order valence-corrected chi connectivity index (χ3v) is 6.64. The van der Waals surface area contributed by atoms with Crippen molar-refractivity contribution in [2.24, 2.45) is 0 Å². The lowest BCUT2D eigenvalue weighted by molar-refractivity contribution is 0.0720. The average molecular weight is 340 g/mol. The van der Waals surface area contributed by atoms with Crippen LogP contribution in [0.25, 0.3) is 0 Å². The summed E-state index contributed by atoms with van der Waals surface area (Å²) in [5, 5.41) is 6.20. The van der Waals surface area contributed by atoms with E-state index in [-0.39, 0.29) is 18.5 Å². The summed E-state index contributed by atoms with van der Waals surface area (Å²) in [6, 6.07) is 1.76. The van der Waals surface area contributed by atoms with Gasteiger partial charge in [0.25, 0.3) is 5.91 Å². The molecule has 1 unspecified atom stereocenters. The summed E-state index contributed by atoms with van der Waals surface area (Å²) in [7, 11) is -3.38. The van der Waals surface area contributed by atoms with Crippen LogP contribution in [0.4, 0.5) is 0 Å². The predicted molar refractivity (Wildman–Crippen MR) is 86.6 cm³/mol. The Hall–Kier alpha value is -1.41. The van der Waals surface area contributed by atoms with Crippen molar-refractivity contribution in [3.05, 3.63) is 17.5 Å². The van der Waals surface area contributed by atoms with E-state index in [9.17, 15) is 13.2 Å². The molecular weight excluding hydrogens is 316 g/mol. The number of carbonyl (C=O) groups is 1. The number of aryl methyl sites for hydroxylation is 1. The molecule has 1 aliphatic carbocycles. The van der Waals surface area contributed by atoms with E-state index in [4.69, 9.17) is 0 Å². The number of hydrogen-bond donors (Lipinski definition) is 2. The van der Waals surface area contributed by atoms with Crippen molar-refractivity contribution in [1.29, 1.82) is 0 Å². The second-order valence-corrected chi connectivity index (χ2v) is 8.59. The van der Waals surface area contributed by atoms with Gasteiger partial charge in [0.15, 0.2) is 0 Å². The summed E-state index contributed by atoms with van der Waals surface area (Å²) < 4.78 is 28.0. The average Bonchev–Trinajstić information content (AvgIpc) is 3.18. The zero-order valence-corrected chi connectivity index (χ0v) is 14.2. The first-order valence-electron chi connectivity index (χ1n) is 8.28. The first kappa shape index (κ1) is 16.4. The molecule has 8 heteroatoms. The molecule has 0 bridgehead atoms. The van der Waals surface area contributed by atoms with Gasteiger partial charge < -0.3 is 4.90 Å². The highest BCUT2D eigenvalue weighted by molar-refractivity contribution is 7.90. The van der Waals surface area contributed by atoms with E-state index in [1.807, 2.05) is 6.92 Å². The summed E-state index contributed by atoms with van der Waals surface area (Å²) in [5.41, 5.74) is 1.17. The third kappa shape index (κ3) is 3.74. The van der Waals surface area contributed by atoms with Crippen molar-refractivity contribution in [1.82, 2.24) is 19.8 Å². The Labute approximate surface area is 136 Å². The number of carbonyl (C=O) groups excluding carboxylic acids is 1. The molecule has 2 aliphatic rings. The van der Waals surface area contributed by atoms with Gasteiger partial charge in [0.05, 0.1) is 5.25 Å². The number of aromatic amines is 1. The molecule has 1 aromatic rings. The smallest absolute Gasteiger partial charge is 0.274 e. The van der Waals surface area contributed by atoms with Crippen LogP contribution < -0.4 is 4.72 Å². The molecule has 0 spiro atoms. The van der Waals surface area contributed by atoms with Gasteiger partial charge in [0, 0.05) is 24.8 Å². The summed E-state index contributed by atoms with van der Waals surface area (Å²) in [6.07, 6.45) is 5.31. The molecule has 1 atom stereocenters. The number of nitrogens with one attached hydrogen (secondary N) is 2. The first-order valence-corrected chi connectivity index (χ1v) is 9.83. The normalized spacial score (nSPS) is 23.3. The Kier molecular flexibility index (Phi) is 4.72. The Bertz CT molecular complexity index is 664. The van der Waals surface area contributed by atoms with Crippen LogP contribution in [0, 0.1) is 6.92 Å². The van der Waals surface area contributed by atoms with Crippen molar-refractivity contribution in [2.45, 2.75) is 56.7 Å². The van der Waals surface area contributed by atoms with E-state index in [1.54, 1.807) is 11.0 Å². The molecule has 1 saturated heterocycles. The number of likely N-dealkylation sites (tertiary alicyclic amines) is 1. The fourth-order valence-electron chi connectivity index (χ4n) is 3.44. The molecule has 7 nitrogen and oxygen atoms in total. The molecule has 1 amide bonds. The molecule has 0 radical (unpaired) electrons. The van der Waals surface area contributed by atoms with E-state index < -0.39 is 15.3 Å². The number of aromatic nitrogens is 2. The highest BCUT2D eigenvalue weighted by atomic mass is 32.2. The zero-order chi connectivity index (χ0) is 16.4. The number of nitrogens with zero attached hydrogens (tertiary/aromatic N) is 2. The molecule has 1 saturated carbocycles. The maximum atomic E-state index is 12.6. The lowest BCUT2D eigenvalue weighted by Gasteiger charge is -2.32. The van der Waals surface area contributed by atoms with Crippen molar-refractivity contribution in [3.8, 4) is 0 Å². The second kappa shape index (κ2) is 6.60. The SMILES string of the molecule is Cc1cc(C(=O)N2CCCC(S(=O)(=O)NC3CCCC3)C2)n[nH]1. The van der Waals surface area contributed by atoms with Crippen LogP contribution in [0.15, 0.2) is 6.07 Å². The molecular formula is C15H24N4O3S. The standard InChI is InChI=1S/C15H24N4O3S/c1-11-9-14(17-16-11)15(20)19-8-4-7-13(10-19)23(21,22)18-12-5-2-3-6-12/h9,12-13,18H,2-8,10H2,1H3,(H,16,17). The maximum Gasteiger partial charge on any atom is 0.274 e. The van der Waals surface area contributed by atoms with E-state index >= 15 is 0 Å². The molecule has 128 valence electrons. The molecule has 1 aliphatic heterocycles. The lowest BCUT2D eigenvalue weighted by atomic mass is 10.1. The van der Waals surface area contributed by atoms with Gasteiger partial charge in [0.2, 0.25) is 10.0 Å². The van der Waals surface area contributed by atoms with Gasteiger partial charge in [0.1, 0.15) is 5.69 Å². The minimum atomic E-state index is -3.38. The van der Waals surface area contributed by atoms with Crippen LogP contribution in [0.1, 0.15) is 54.7 Å². The fraction of sp³-hybridized carbons (Fsp3) is 0.733. The molecule has 3 rings (SSSR count). The van der Waals surface area contributed by atoms with Crippen molar-refractivity contribution < 1.29 is 13.2 Å². The van der Waals surface area contributed by atoms with Gasteiger partial charge in [-0.3, -0.25) is 9.89 Å². The minimum absolute atomic E-state index is 0.0695. The largest absolute Gasteiger partial charge is 0.336 e. The van der Waals surface area contributed by atoms with Gasteiger partial charge >= 0.3 is 0 Å². The highest BCUT2D eigenvalue weighted by Gasteiger charge is 2.35. The number of amides is 1. The number of H-pyrrole nitrogens is 1. The highest BCUT2D eigenvalue weighted by Crippen LogP contribution is 2.22. The molecule has 1 aromatic heterocycles. The Morgan fingerprint density at radius 1 is 1.30 bits per heavy atom.